The van der Waals surface area contributed by atoms with E-state index in [1.807, 2.05) is 36.7 Å². The Morgan fingerprint density at radius 1 is 1.03 bits per heavy atom. The second-order valence-corrected chi connectivity index (χ2v) is 10.8. The summed E-state index contributed by atoms with van der Waals surface area (Å²) in [7, 11) is 2.12. The van der Waals surface area contributed by atoms with E-state index < -0.39 is 0 Å². The summed E-state index contributed by atoms with van der Waals surface area (Å²) in [6, 6.07) is 21.1. The van der Waals surface area contributed by atoms with Crippen LogP contribution in [0.1, 0.15) is 24.8 Å². The van der Waals surface area contributed by atoms with E-state index in [1.54, 1.807) is 11.9 Å². The van der Waals surface area contributed by atoms with E-state index in [1.165, 1.54) is 37.9 Å². The molecule has 0 amide bonds. The van der Waals surface area contributed by atoms with Crippen LogP contribution in [0.2, 0.25) is 5.02 Å². The molecule has 0 radical (unpaired) electrons. The van der Waals surface area contributed by atoms with Crippen molar-refractivity contribution in [1.29, 1.82) is 0 Å². The Morgan fingerprint density at radius 3 is 2.56 bits per heavy atom. The lowest BCUT2D eigenvalue weighted by atomic mass is 9.90. The Kier molecular flexibility index (Phi) is 8.15. The Labute approximate surface area is 223 Å². The van der Waals surface area contributed by atoms with Crippen molar-refractivity contribution in [3.8, 4) is 11.5 Å². The molecule has 0 saturated carbocycles. The third-order valence-electron chi connectivity index (χ3n) is 7.24. The van der Waals surface area contributed by atoms with E-state index in [4.69, 9.17) is 16.6 Å². The lowest BCUT2D eigenvalue weighted by molar-refractivity contribution is 0.183. The smallest absolute Gasteiger partial charge is 0.171 e. The molecule has 5 nitrogen and oxygen atoms in total. The van der Waals surface area contributed by atoms with Gasteiger partial charge in [0.25, 0.3) is 0 Å². The number of pyridine rings is 1. The molecule has 2 aromatic heterocycles. The maximum atomic E-state index is 6.93. The number of likely N-dealkylation sites (tertiary alicyclic amines) is 1. The monoisotopic (exact) mass is 519 g/mol. The van der Waals surface area contributed by atoms with Crippen molar-refractivity contribution in [3.63, 3.8) is 0 Å². The van der Waals surface area contributed by atoms with E-state index in [2.05, 4.69) is 62.2 Å². The van der Waals surface area contributed by atoms with Crippen LogP contribution < -0.4 is 4.90 Å². The molecule has 1 saturated heterocycles. The van der Waals surface area contributed by atoms with Gasteiger partial charge in [-0.3, -0.25) is 8.96 Å². The first-order valence-corrected chi connectivity index (χ1v) is 14.3. The van der Waals surface area contributed by atoms with Gasteiger partial charge >= 0.3 is 0 Å². The maximum absolute atomic E-state index is 6.93. The van der Waals surface area contributed by atoms with Crippen LogP contribution in [-0.4, -0.2) is 58.3 Å². The zero-order valence-corrected chi connectivity index (χ0v) is 22.7. The summed E-state index contributed by atoms with van der Waals surface area (Å²) < 4.78 is 2.11. The highest BCUT2D eigenvalue weighted by Crippen LogP contribution is 2.36. The van der Waals surface area contributed by atoms with Crippen LogP contribution in [0, 0.1) is 5.92 Å². The highest BCUT2D eigenvalue weighted by molar-refractivity contribution is 7.97. The fraction of sp³-hybridized carbons (Fsp3) is 0.379. The van der Waals surface area contributed by atoms with Gasteiger partial charge in [0.2, 0.25) is 0 Å². The predicted octanol–water partition coefficient (Wildman–Crippen LogP) is 6.66. The second kappa shape index (κ2) is 11.7. The third-order valence-corrected chi connectivity index (χ3v) is 8.34. The summed E-state index contributed by atoms with van der Waals surface area (Å²) >= 11 is 8.54. The van der Waals surface area contributed by atoms with Crippen molar-refractivity contribution in [2.24, 2.45) is 5.92 Å². The van der Waals surface area contributed by atoms with E-state index in [-0.39, 0.29) is 0 Å². The van der Waals surface area contributed by atoms with Gasteiger partial charge in [-0.1, -0.05) is 54.1 Å². The summed E-state index contributed by atoms with van der Waals surface area (Å²) in [5.41, 5.74) is 5.23. The SMILES string of the molecule is CSn1c(-c2nccc(N(C)CCCN3CCC(Cc4ccccc4)CC3)c2Cl)nc2ccccc21. The molecule has 36 heavy (non-hydrogen) atoms. The van der Waals surface area contributed by atoms with Gasteiger partial charge in [0.15, 0.2) is 5.82 Å². The molecule has 0 bridgehead atoms. The van der Waals surface area contributed by atoms with Crippen molar-refractivity contribution in [1.82, 2.24) is 18.8 Å². The van der Waals surface area contributed by atoms with Gasteiger partial charge in [-0.25, -0.2) is 4.98 Å². The number of fused-ring (bicyclic) bond motifs is 1. The Morgan fingerprint density at radius 2 is 1.78 bits per heavy atom. The molecule has 1 fully saturated rings. The fourth-order valence-electron chi connectivity index (χ4n) is 5.24. The van der Waals surface area contributed by atoms with Crippen LogP contribution in [0.25, 0.3) is 22.6 Å². The minimum Gasteiger partial charge on any atom is -0.373 e. The summed E-state index contributed by atoms with van der Waals surface area (Å²) in [5.74, 6) is 1.60. The van der Waals surface area contributed by atoms with Gasteiger partial charge in [0.05, 0.1) is 21.7 Å². The Hall–Kier alpha value is -2.54. The van der Waals surface area contributed by atoms with Crippen molar-refractivity contribution in [2.45, 2.75) is 25.7 Å². The minimum atomic E-state index is 0.660. The average molecular weight is 520 g/mol. The van der Waals surface area contributed by atoms with E-state index in [0.717, 1.165) is 53.7 Å². The standard InChI is InChI=1S/C29H34ClN5S/c1-33(17-8-18-34-19-14-23(15-20-34)21-22-9-4-3-5-10-22)26-13-16-31-28(27(26)30)29-32-24-11-6-7-12-25(24)35(29)36-2/h3-7,9-13,16,23H,8,14-15,17-21H2,1-2H3. The largest absolute Gasteiger partial charge is 0.373 e. The molecular formula is C29H34ClN5S. The van der Waals surface area contributed by atoms with Crippen LogP contribution in [0.5, 0.6) is 0 Å². The molecule has 5 rings (SSSR count). The zero-order chi connectivity index (χ0) is 24.9. The van der Waals surface area contributed by atoms with E-state index >= 15 is 0 Å². The van der Waals surface area contributed by atoms with Gasteiger partial charge in [0.1, 0.15) is 5.69 Å². The number of halogens is 1. The van der Waals surface area contributed by atoms with Gasteiger partial charge in [-0.05, 0) is 86.9 Å². The first-order chi connectivity index (χ1) is 17.6. The molecule has 1 aliphatic rings. The van der Waals surface area contributed by atoms with Crippen LogP contribution in [0.3, 0.4) is 0 Å². The molecule has 0 spiro atoms. The lowest BCUT2D eigenvalue weighted by Gasteiger charge is -2.32. The summed E-state index contributed by atoms with van der Waals surface area (Å²) in [4.78, 5) is 14.3. The molecule has 188 valence electrons. The molecule has 4 aromatic rings. The van der Waals surface area contributed by atoms with Gasteiger partial charge in [0, 0.05) is 26.0 Å². The molecule has 2 aromatic carbocycles. The van der Waals surface area contributed by atoms with Crippen LogP contribution in [-0.2, 0) is 6.42 Å². The van der Waals surface area contributed by atoms with Crippen molar-refractivity contribution >= 4 is 40.3 Å². The van der Waals surface area contributed by atoms with Crippen molar-refractivity contribution in [3.05, 3.63) is 77.4 Å². The topological polar surface area (TPSA) is 37.2 Å². The zero-order valence-electron chi connectivity index (χ0n) is 21.1. The number of piperidine rings is 1. The molecule has 7 heteroatoms. The van der Waals surface area contributed by atoms with Crippen LogP contribution in [0.4, 0.5) is 5.69 Å². The highest BCUT2D eigenvalue weighted by atomic mass is 35.5. The molecule has 0 unspecified atom stereocenters. The summed E-state index contributed by atoms with van der Waals surface area (Å²) in [6.07, 6.45) is 8.80. The first-order valence-electron chi connectivity index (χ1n) is 12.8. The average Bonchev–Trinajstić information content (AvgIpc) is 3.29. The van der Waals surface area contributed by atoms with Crippen molar-refractivity contribution in [2.75, 3.05) is 44.4 Å². The predicted molar refractivity (Wildman–Crippen MR) is 154 cm³/mol. The normalized spacial score (nSPS) is 15.0. The minimum absolute atomic E-state index is 0.660. The van der Waals surface area contributed by atoms with Crippen molar-refractivity contribution < 1.29 is 0 Å². The number of para-hydroxylation sites is 2. The molecule has 0 atom stereocenters. The molecule has 3 heterocycles. The number of aromatic nitrogens is 3. The number of anilines is 1. The summed E-state index contributed by atoms with van der Waals surface area (Å²) in [5, 5.41) is 0.660. The van der Waals surface area contributed by atoms with Crippen LogP contribution in [0.15, 0.2) is 66.9 Å². The molecule has 0 N–H and O–H groups in total. The number of rotatable bonds is 9. The Balaban J connectivity index is 1.18. The van der Waals surface area contributed by atoms with E-state index in [9.17, 15) is 0 Å². The number of hydrogen-bond acceptors (Lipinski definition) is 5. The highest BCUT2D eigenvalue weighted by Gasteiger charge is 2.21. The number of benzene rings is 2. The summed E-state index contributed by atoms with van der Waals surface area (Å²) in [6.45, 7) is 4.48. The van der Waals surface area contributed by atoms with E-state index in [0.29, 0.717) is 5.02 Å². The lowest BCUT2D eigenvalue weighted by Crippen LogP contribution is -2.36. The quantitative estimate of drug-likeness (QED) is 0.247. The Bertz CT molecular complexity index is 1280. The molecular weight excluding hydrogens is 486 g/mol. The third kappa shape index (κ3) is 5.56. The number of nitrogens with zero attached hydrogens (tertiary/aromatic N) is 5. The van der Waals surface area contributed by atoms with Crippen LogP contribution >= 0.6 is 23.5 Å². The second-order valence-electron chi connectivity index (χ2n) is 9.64. The fourth-order valence-corrected chi connectivity index (χ4v) is 6.23. The number of hydrogen-bond donors (Lipinski definition) is 0. The first kappa shape index (κ1) is 25.1. The van der Waals surface area contributed by atoms with Gasteiger partial charge < -0.3 is 9.80 Å². The maximum Gasteiger partial charge on any atom is 0.171 e. The molecule has 0 aliphatic carbocycles. The van der Waals surface area contributed by atoms with Gasteiger partial charge in [-0.2, -0.15) is 0 Å². The molecule has 1 aliphatic heterocycles. The van der Waals surface area contributed by atoms with Gasteiger partial charge in [-0.15, -0.1) is 0 Å². The number of imidazole rings is 1.